The standard InChI is InChI=1S/C24H19N3O5/c28-18-8-16(9-19(29)12-18)10-21-23(30)27-22(24(31)26-21)11-17-6-7-20(13-25-17)32-14-15-4-2-1-3-5-15/h1-13,28-29H,14H2,(H,26,31)(H,27,30). The van der Waals surface area contributed by atoms with Gasteiger partial charge in [-0.05, 0) is 47.5 Å². The molecule has 0 bridgehead atoms. The fourth-order valence-corrected chi connectivity index (χ4v) is 3.02. The number of rotatable bonds is 5. The maximum atomic E-state index is 12.4. The average Bonchev–Trinajstić information content (AvgIpc) is 2.77. The molecule has 4 rings (SSSR count). The van der Waals surface area contributed by atoms with Crippen LogP contribution in [-0.4, -0.2) is 25.2 Å². The van der Waals surface area contributed by atoms with Crippen molar-refractivity contribution in [3.05, 3.63) is 115 Å². The van der Waals surface area contributed by atoms with Gasteiger partial charge >= 0.3 is 0 Å². The average molecular weight is 429 g/mol. The Morgan fingerprint density at radius 2 is 1.50 bits per heavy atom. The first-order chi connectivity index (χ1) is 15.5. The molecule has 2 heterocycles. The second-order valence-corrected chi connectivity index (χ2v) is 7.00. The van der Waals surface area contributed by atoms with Gasteiger partial charge in [-0.25, -0.2) is 0 Å². The van der Waals surface area contributed by atoms with E-state index in [1.807, 2.05) is 30.3 Å². The maximum Gasteiger partial charge on any atom is 0.272 e. The molecule has 0 saturated carbocycles. The van der Waals surface area contributed by atoms with E-state index in [-0.39, 0.29) is 22.2 Å². The van der Waals surface area contributed by atoms with Crippen LogP contribution in [-0.2, 0) is 6.61 Å². The molecule has 0 aliphatic heterocycles. The van der Waals surface area contributed by atoms with Crippen molar-refractivity contribution >= 4 is 12.2 Å². The van der Waals surface area contributed by atoms with E-state index in [9.17, 15) is 19.8 Å². The highest BCUT2D eigenvalue weighted by molar-refractivity contribution is 5.54. The monoisotopic (exact) mass is 429 g/mol. The Bertz CT molecular complexity index is 1450. The van der Waals surface area contributed by atoms with Crippen LogP contribution in [0.15, 0.2) is 76.4 Å². The molecule has 0 amide bonds. The SMILES string of the molecule is O=c1[nH]c(=Cc2ccc(OCc3ccccc3)cn2)c(=O)[nH]c1=Cc1cc(O)cc(O)c1. The van der Waals surface area contributed by atoms with E-state index in [4.69, 9.17) is 4.74 Å². The molecule has 8 heteroatoms. The largest absolute Gasteiger partial charge is 0.508 e. The predicted octanol–water partition coefficient (Wildman–Crippen LogP) is 1.11. The van der Waals surface area contributed by atoms with Gasteiger partial charge in [0.25, 0.3) is 11.1 Å². The highest BCUT2D eigenvalue weighted by Gasteiger charge is 2.01. The van der Waals surface area contributed by atoms with E-state index in [2.05, 4.69) is 15.0 Å². The van der Waals surface area contributed by atoms with Crippen molar-refractivity contribution < 1.29 is 14.9 Å². The quantitative estimate of drug-likeness (QED) is 0.376. The summed E-state index contributed by atoms with van der Waals surface area (Å²) < 4.78 is 5.69. The summed E-state index contributed by atoms with van der Waals surface area (Å²) in [6.45, 7) is 0.410. The number of aromatic amines is 2. The summed E-state index contributed by atoms with van der Waals surface area (Å²) in [4.78, 5) is 34.1. The van der Waals surface area contributed by atoms with Crippen LogP contribution in [0.25, 0.3) is 12.2 Å². The normalized spacial score (nSPS) is 12.1. The highest BCUT2D eigenvalue weighted by atomic mass is 16.5. The fraction of sp³-hybridized carbons (Fsp3) is 0.0417. The highest BCUT2D eigenvalue weighted by Crippen LogP contribution is 2.20. The van der Waals surface area contributed by atoms with Crippen molar-refractivity contribution in [3.63, 3.8) is 0 Å². The molecule has 0 saturated heterocycles. The number of phenolic OH excluding ortho intramolecular Hbond substituents is 2. The number of pyridine rings is 1. The molecule has 2 aromatic heterocycles. The van der Waals surface area contributed by atoms with Crippen molar-refractivity contribution in [2.45, 2.75) is 6.61 Å². The van der Waals surface area contributed by atoms with E-state index < -0.39 is 11.1 Å². The summed E-state index contributed by atoms with van der Waals surface area (Å²) in [5.41, 5.74) is 0.791. The summed E-state index contributed by atoms with van der Waals surface area (Å²) >= 11 is 0. The number of ether oxygens (including phenoxy) is 1. The van der Waals surface area contributed by atoms with Crippen LogP contribution in [0.2, 0.25) is 0 Å². The molecule has 0 atom stereocenters. The molecule has 0 radical (unpaired) electrons. The second-order valence-electron chi connectivity index (χ2n) is 7.00. The van der Waals surface area contributed by atoms with Crippen LogP contribution in [0.3, 0.4) is 0 Å². The number of benzene rings is 2. The van der Waals surface area contributed by atoms with Crippen LogP contribution >= 0.6 is 0 Å². The van der Waals surface area contributed by atoms with Crippen molar-refractivity contribution in [2.24, 2.45) is 0 Å². The Morgan fingerprint density at radius 3 is 2.12 bits per heavy atom. The van der Waals surface area contributed by atoms with E-state index in [1.54, 1.807) is 12.1 Å². The molecule has 0 spiro atoms. The van der Waals surface area contributed by atoms with Gasteiger partial charge in [-0.3, -0.25) is 14.6 Å². The molecular formula is C24H19N3O5. The number of hydrogen-bond acceptors (Lipinski definition) is 6. The third-order valence-corrected chi connectivity index (χ3v) is 4.52. The van der Waals surface area contributed by atoms with E-state index in [0.29, 0.717) is 23.6 Å². The summed E-state index contributed by atoms with van der Waals surface area (Å²) in [6.07, 6.45) is 4.34. The van der Waals surface area contributed by atoms with Crippen molar-refractivity contribution in [2.75, 3.05) is 0 Å². The molecule has 0 unspecified atom stereocenters. The van der Waals surface area contributed by atoms with Gasteiger partial charge in [0.05, 0.1) is 11.9 Å². The molecule has 0 aliphatic rings. The van der Waals surface area contributed by atoms with Gasteiger partial charge in [0, 0.05) is 6.07 Å². The van der Waals surface area contributed by atoms with Crippen LogP contribution in [0.4, 0.5) is 0 Å². The van der Waals surface area contributed by atoms with Gasteiger partial charge in [0.1, 0.15) is 34.6 Å². The first kappa shape index (κ1) is 20.7. The van der Waals surface area contributed by atoms with Crippen LogP contribution < -0.4 is 26.6 Å². The van der Waals surface area contributed by atoms with Gasteiger partial charge in [-0.1, -0.05) is 30.3 Å². The molecule has 4 N–H and O–H groups in total. The van der Waals surface area contributed by atoms with Gasteiger partial charge in [-0.15, -0.1) is 0 Å². The van der Waals surface area contributed by atoms with Gasteiger partial charge < -0.3 is 24.9 Å². The second kappa shape index (κ2) is 9.05. The Hall–Kier alpha value is -4.59. The number of aromatic nitrogens is 3. The molecule has 0 aliphatic carbocycles. The topological polar surface area (TPSA) is 128 Å². The number of H-pyrrole nitrogens is 2. The van der Waals surface area contributed by atoms with Crippen molar-refractivity contribution in [3.8, 4) is 17.2 Å². The van der Waals surface area contributed by atoms with Crippen molar-refractivity contribution in [1.82, 2.24) is 15.0 Å². The summed E-state index contributed by atoms with van der Waals surface area (Å²) in [6, 6.07) is 17.0. The molecule has 4 aromatic rings. The number of phenols is 2. The minimum absolute atomic E-state index is 0.0187. The Kier molecular flexibility index (Phi) is 5.85. The Balaban J connectivity index is 1.58. The molecule has 160 valence electrons. The molecule has 8 nitrogen and oxygen atoms in total. The van der Waals surface area contributed by atoms with Crippen LogP contribution in [0, 0.1) is 0 Å². The van der Waals surface area contributed by atoms with E-state index >= 15 is 0 Å². The lowest BCUT2D eigenvalue weighted by molar-refractivity contribution is 0.305. The van der Waals surface area contributed by atoms with Gasteiger partial charge in [0.2, 0.25) is 0 Å². The zero-order valence-corrected chi connectivity index (χ0v) is 16.8. The number of nitrogens with one attached hydrogen (secondary N) is 2. The summed E-state index contributed by atoms with van der Waals surface area (Å²) in [5, 5.41) is 19.1. The van der Waals surface area contributed by atoms with Gasteiger partial charge in [-0.2, -0.15) is 0 Å². The Labute approximate surface area is 181 Å². The molecular weight excluding hydrogens is 410 g/mol. The molecule has 0 fully saturated rings. The zero-order valence-electron chi connectivity index (χ0n) is 16.8. The van der Waals surface area contributed by atoms with E-state index in [0.717, 1.165) is 11.6 Å². The first-order valence-corrected chi connectivity index (χ1v) is 9.68. The number of hydrogen-bond donors (Lipinski definition) is 4. The maximum absolute atomic E-state index is 12.4. The summed E-state index contributed by atoms with van der Waals surface area (Å²) in [5.74, 6) is 0.247. The predicted molar refractivity (Wildman–Crippen MR) is 119 cm³/mol. The third kappa shape index (κ3) is 5.11. The number of nitrogens with zero attached hydrogens (tertiary/aromatic N) is 1. The van der Waals surface area contributed by atoms with E-state index in [1.165, 1.54) is 30.5 Å². The van der Waals surface area contributed by atoms with Gasteiger partial charge in [0.15, 0.2) is 0 Å². The molecule has 2 aromatic carbocycles. The Morgan fingerprint density at radius 1 is 0.844 bits per heavy atom. The minimum atomic E-state index is -0.540. The smallest absolute Gasteiger partial charge is 0.272 e. The molecule has 32 heavy (non-hydrogen) atoms. The third-order valence-electron chi connectivity index (χ3n) is 4.52. The lowest BCUT2D eigenvalue weighted by Gasteiger charge is -2.05. The van der Waals surface area contributed by atoms with Crippen LogP contribution in [0.1, 0.15) is 16.8 Å². The number of aromatic hydroxyl groups is 2. The summed E-state index contributed by atoms with van der Waals surface area (Å²) in [7, 11) is 0. The van der Waals surface area contributed by atoms with Crippen molar-refractivity contribution in [1.29, 1.82) is 0 Å². The first-order valence-electron chi connectivity index (χ1n) is 9.68. The minimum Gasteiger partial charge on any atom is -0.508 e. The van der Waals surface area contributed by atoms with Crippen LogP contribution in [0.5, 0.6) is 17.2 Å². The zero-order chi connectivity index (χ0) is 22.5. The fourth-order valence-electron chi connectivity index (χ4n) is 3.02. The lowest BCUT2D eigenvalue weighted by Crippen LogP contribution is -2.46. The lowest BCUT2D eigenvalue weighted by atomic mass is 10.2.